The van der Waals surface area contributed by atoms with Gasteiger partial charge in [0.15, 0.2) is 0 Å². The summed E-state index contributed by atoms with van der Waals surface area (Å²) in [7, 11) is -1.76. The molecule has 0 aliphatic carbocycles. The fourth-order valence-corrected chi connectivity index (χ4v) is 5.19. The summed E-state index contributed by atoms with van der Waals surface area (Å²) in [5.41, 5.74) is 0. The van der Waals surface area contributed by atoms with Gasteiger partial charge in [0.1, 0.15) is 0 Å². The molecule has 0 bridgehead atoms. The first-order valence-corrected chi connectivity index (χ1v) is 13.6. The van der Waals surface area contributed by atoms with Crippen molar-refractivity contribution < 1.29 is 13.3 Å². The van der Waals surface area contributed by atoms with Crippen LogP contribution in [0, 0.1) is 0 Å². The van der Waals surface area contributed by atoms with E-state index in [1.807, 2.05) is 0 Å². The summed E-state index contributed by atoms with van der Waals surface area (Å²) < 4.78 is 18.5. The molecule has 1 radical (unpaired) electrons. The number of hydrogen-bond donors (Lipinski definition) is 0. The van der Waals surface area contributed by atoms with Crippen molar-refractivity contribution in [3.05, 3.63) is 0 Å². The fraction of sp³-hybridized carbons (Fsp3) is 1.00. The molecule has 0 spiro atoms. The third kappa shape index (κ3) is 13.3. The highest BCUT2D eigenvalue weighted by Gasteiger charge is 2.23. The zero-order chi connectivity index (χ0) is 24.1. The van der Waals surface area contributed by atoms with Crippen molar-refractivity contribution in [1.82, 2.24) is 14.7 Å². The van der Waals surface area contributed by atoms with Crippen molar-refractivity contribution in [1.29, 1.82) is 0 Å². The van der Waals surface area contributed by atoms with E-state index in [2.05, 4.69) is 97.8 Å². The van der Waals surface area contributed by atoms with Gasteiger partial charge in [-0.05, 0) is 83.1 Å². The van der Waals surface area contributed by atoms with Crippen LogP contribution in [-0.4, -0.2) is 99.9 Å². The van der Waals surface area contributed by atoms with Crippen LogP contribution in [0.25, 0.3) is 0 Å². The predicted octanol–water partition coefficient (Wildman–Crippen LogP) is 4.38. The Kier molecular flexibility index (Phi) is 16.6. The maximum Gasteiger partial charge on any atom is 0.577 e. The minimum Gasteiger partial charge on any atom is -0.370 e. The minimum absolute atomic E-state index is 0.498. The first kappa shape index (κ1) is 31.0. The average molecular weight is 461 g/mol. The van der Waals surface area contributed by atoms with Crippen molar-refractivity contribution in [3.8, 4) is 0 Å². The Bertz CT molecular complexity index is 348. The van der Waals surface area contributed by atoms with Crippen molar-refractivity contribution in [2.45, 2.75) is 119 Å². The minimum atomic E-state index is -1.76. The summed E-state index contributed by atoms with van der Waals surface area (Å²) in [5, 5.41) is 0. The van der Waals surface area contributed by atoms with Gasteiger partial charge in [0.2, 0.25) is 0 Å². The lowest BCUT2D eigenvalue weighted by molar-refractivity contribution is 0.0476. The lowest BCUT2D eigenvalue weighted by Gasteiger charge is -2.32. The van der Waals surface area contributed by atoms with E-state index in [-0.39, 0.29) is 0 Å². The van der Waals surface area contributed by atoms with Crippen LogP contribution in [0.1, 0.15) is 83.1 Å². The molecule has 0 aliphatic heterocycles. The van der Waals surface area contributed by atoms with Gasteiger partial charge in [-0.1, -0.05) is 0 Å². The highest BCUT2D eigenvalue weighted by atomic mass is 28.3. The molecular formula is C24H54N3O3Si. The monoisotopic (exact) mass is 460 g/mol. The third-order valence-electron chi connectivity index (χ3n) is 5.69. The van der Waals surface area contributed by atoms with E-state index in [4.69, 9.17) is 13.3 Å². The second-order valence-electron chi connectivity index (χ2n) is 10.1. The van der Waals surface area contributed by atoms with Crippen LogP contribution < -0.4 is 0 Å². The van der Waals surface area contributed by atoms with Crippen LogP contribution in [0.2, 0.25) is 0 Å². The smallest absolute Gasteiger partial charge is 0.370 e. The Balaban J connectivity index is 4.80. The first-order valence-electron chi connectivity index (χ1n) is 12.4. The molecule has 0 atom stereocenters. The first-order chi connectivity index (χ1) is 14.4. The van der Waals surface area contributed by atoms with Gasteiger partial charge in [-0.15, -0.1) is 0 Å². The van der Waals surface area contributed by atoms with Crippen molar-refractivity contribution in [2.24, 2.45) is 0 Å². The van der Waals surface area contributed by atoms with Gasteiger partial charge in [0, 0.05) is 55.9 Å². The lowest BCUT2D eigenvalue weighted by atomic mass is 10.2. The Morgan fingerprint density at radius 3 is 0.774 bits per heavy atom. The molecule has 0 saturated heterocycles. The van der Waals surface area contributed by atoms with E-state index in [1.54, 1.807) is 0 Å². The second kappa shape index (κ2) is 16.6. The maximum atomic E-state index is 6.16. The number of hydrogen-bond acceptors (Lipinski definition) is 6. The Labute approximate surface area is 196 Å². The van der Waals surface area contributed by atoms with Gasteiger partial charge in [-0.25, -0.2) is 0 Å². The van der Waals surface area contributed by atoms with Crippen LogP contribution in [0.5, 0.6) is 0 Å². The van der Waals surface area contributed by atoms with E-state index in [1.165, 1.54) is 0 Å². The molecule has 6 nitrogen and oxygen atoms in total. The third-order valence-corrected chi connectivity index (χ3v) is 7.01. The molecule has 31 heavy (non-hydrogen) atoms. The molecule has 0 rings (SSSR count). The van der Waals surface area contributed by atoms with Gasteiger partial charge in [-0.3, -0.25) is 14.7 Å². The van der Waals surface area contributed by atoms with E-state index in [0.717, 1.165) is 19.6 Å². The van der Waals surface area contributed by atoms with Gasteiger partial charge in [-0.2, -0.15) is 0 Å². The van der Waals surface area contributed by atoms with Crippen LogP contribution in [-0.2, 0) is 13.3 Å². The summed E-state index contributed by atoms with van der Waals surface area (Å²) in [6.07, 6.45) is 0. The summed E-state index contributed by atoms with van der Waals surface area (Å²) >= 11 is 0. The largest absolute Gasteiger partial charge is 0.577 e. The topological polar surface area (TPSA) is 37.4 Å². The summed E-state index contributed by atoms with van der Waals surface area (Å²) in [5.74, 6) is 0. The molecule has 0 aliphatic rings. The average Bonchev–Trinajstić information content (AvgIpc) is 2.62. The van der Waals surface area contributed by atoms with E-state index in [0.29, 0.717) is 56.1 Å². The zero-order valence-electron chi connectivity index (χ0n) is 22.8. The molecule has 0 heterocycles. The van der Waals surface area contributed by atoms with Crippen LogP contribution in [0.4, 0.5) is 0 Å². The molecule has 0 N–H and O–H groups in total. The molecular weight excluding hydrogens is 406 g/mol. The van der Waals surface area contributed by atoms with Crippen LogP contribution in [0.3, 0.4) is 0 Å². The highest BCUT2D eigenvalue weighted by molar-refractivity contribution is 6.36. The fourth-order valence-electron chi connectivity index (χ4n) is 4.17. The molecule has 0 amide bonds. The molecule has 187 valence electrons. The standard InChI is InChI=1S/C24H54N3O3Si/c1-19(2)25(20(3)4)13-16-28-31(29-17-14-26(21(5)6)22(7)8)30-18-15-27(23(9)10)24(11)12/h19-24H,13-18H2,1-12H3. The van der Waals surface area contributed by atoms with Gasteiger partial charge in [0.05, 0.1) is 19.8 Å². The normalized spacial score (nSPS) is 13.4. The van der Waals surface area contributed by atoms with E-state index >= 15 is 0 Å². The molecule has 0 fully saturated rings. The molecule has 7 heteroatoms. The van der Waals surface area contributed by atoms with Gasteiger partial charge >= 0.3 is 9.53 Å². The van der Waals surface area contributed by atoms with Crippen molar-refractivity contribution >= 4 is 9.53 Å². The summed E-state index contributed by atoms with van der Waals surface area (Å²) in [6, 6.07) is 2.99. The molecule has 0 saturated carbocycles. The van der Waals surface area contributed by atoms with Crippen LogP contribution >= 0.6 is 0 Å². The van der Waals surface area contributed by atoms with Crippen molar-refractivity contribution in [3.63, 3.8) is 0 Å². The molecule has 0 aromatic heterocycles. The number of rotatable bonds is 18. The summed E-state index contributed by atoms with van der Waals surface area (Å²) in [6.45, 7) is 31.4. The lowest BCUT2D eigenvalue weighted by Crippen LogP contribution is -2.43. The Morgan fingerprint density at radius 1 is 0.419 bits per heavy atom. The van der Waals surface area contributed by atoms with Gasteiger partial charge < -0.3 is 13.3 Å². The van der Waals surface area contributed by atoms with Gasteiger partial charge in [0.25, 0.3) is 0 Å². The summed E-state index contributed by atoms with van der Waals surface area (Å²) in [4.78, 5) is 7.33. The van der Waals surface area contributed by atoms with E-state index in [9.17, 15) is 0 Å². The zero-order valence-corrected chi connectivity index (χ0v) is 23.8. The second-order valence-corrected chi connectivity index (χ2v) is 11.4. The Hall–Kier alpha value is -0.0231. The maximum absolute atomic E-state index is 6.16. The number of nitrogens with zero attached hydrogens (tertiary/aromatic N) is 3. The van der Waals surface area contributed by atoms with Crippen LogP contribution in [0.15, 0.2) is 0 Å². The quantitative estimate of drug-likeness (QED) is 0.283. The molecule has 0 aromatic carbocycles. The van der Waals surface area contributed by atoms with Crippen molar-refractivity contribution in [2.75, 3.05) is 39.5 Å². The highest BCUT2D eigenvalue weighted by Crippen LogP contribution is 2.08. The van der Waals surface area contributed by atoms with E-state index < -0.39 is 9.53 Å². The Morgan fingerprint density at radius 2 is 0.613 bits per heavy atom. The molecule has 0 unspecified atom stereocenters. The SMILES string of the molecule is CC(C)N(CCO[Si](OCCN(C(C)C)C(C)C)OCCN(C(C)C)C(C)C)C(C)C. The molecule has 0 aromatic rings. The predicted molar refractivity (Wildman–Crippen MR) is 135 cm³/mol.